The van der Waals surface area contributed by atoms with Crippen LogP contribution in [-0.2, 0) is 4.74 Å². The second kappa shape index (κ2) is 6.61. The highest BCUT2D eigenvalue weighted by atomic mass is 19.1. The van der Waals surface area contributed by atoms with Crippen LogP contribution in [0.3, 0.4) is 0 Å². The molecular weight excluding hydrogens is 338 g/mol. The molecule has 2 aromatic heterocycles. The molecule has 0 amide bonds. The number of halogens is 2. The van der Waals surface area contributed by atoms with Gasteiger partial charge in [-0.1, -0.05) is 6.07 Å². The normalized spacial score (nSPS) is 15.5. The second-order valence-corrected chi connectivity index (χ2v) is 6.57. The fourth-order valence-corrected chi connectivity index (χ4v) is 3.48. The number of rotatable bonds is 2. The second-order valence-electron chi connectivity index (χ2n) is 6.57. The van der Waals surface area contributed by atoms with Crippen LogP contribution in [0, 0.1) is 18.6 Å². The van der Waals surface area contributed by atoms with E-state index in [9.17, 15) is 13.6 Å². The van der Waals surface area contributed by atoms with Gasteiger partial charge in [0, 0.05) is 53.7 Å². The van der Waals surface area contributed by atoms with E-state index in [0.29, 0.717) is 48.2 Å². The molecule has 3 heterocycles. The van der Waals surface area contributed by atoms with Crippen molar-refractivity contribution in [1.29, 1.82) is 0 Å². The van der Waals surface area contributed by atoms with Crippen molar-refractivity contribution in [2.45, 2.75) is 25.8 Å². The van der Waals surface area contributed by atoms with Gasteiger partial charge in [0.05, 0.1) is 0 Å². The Kier molecular flexibility index (Phi) is 4.28. The minimum Gasteiger partial charge on any atom is -0.381 e. The Balaban J connectivity index is 2.01. The molecule has 3 aromatic rings. The number of pyridine rings is 2. The van der Waals surface area contributed by atoms with Crippen molar-refractivity contribution in [3.05, 3.63) is 64.2 Å². The van der Waals surface area contributed by atoms with Crippen molar-refractivity contribution in [2.24, 2.45) is 0 Å². The van der Waals surface area contributed by atoms with Crippen molar-refractivity contribution in [3.63, 3.8) is 0 Å². The van der Waals surface area contributed by atoms with Crippen molar-refractivity contribution < 1.29 is 13.5 Å². The van der Waals surface area contributed by atoms with E-state index < -0.39 is 11.6 Å². The average molecular weight is 356 g/mol. The van der Waals surface area contributed by atoms with Gasteiger partial charge in [0.2, 0.25) is 0 Å². The first-order valence-electron chi connectivity index (χ1n) is 8.60. The van der Waals surface area contributed by atoms with E-state index in [1.165, 1.54) is 12.1 Å². The third-order valence-electron chi connectivity index (χ3n) is 4.84. The zero-order chi connectivity index (χ0) is 18.3. The molecule has 0 unspecified atom stereocenters. The molecule has 0 spiro atoms. The number of nitrogens with zero attached hydrogens (tertiary/aromatic N) is 2. The molecule has 134 valence electrons. The minimum atomic E-state index is -0.663. The molecular formula is C20H18F2N2O2. The first-order valence-corrected chi connectivity index (χ1v) is 8.60. The molecule has 0 atom stereocenters. The molecule has 0 radical (unpaired) electrons. The predicted molar refractivity (Wildman–Crippen MR) is 95.2 cm³/mol. The van der Waals surface area contributed by atoms with Gasteiger partial charge in [0.1, 0.15) is 17.2 Å². The lowest BCUT2D eigenvalue weighted by molar-refractivity contribution is 0.0688. The quantitative estimate of drug-likeness (QED) is 0.697. The molecule has 1 aliphatic heterocycles. The highest BCUT2D eigenvalue weighted by molar-refractivity contribution is 5.94. The lowest BCUT2D eigenvalue weighted by atomic mass is 10.0. The zero-order valence-electron chi connectivity index (χ0n) is 14.3. The highest BCUT2D eigenvalue weighted by Gasteiger charge is 2.21. The lowest BCUT2D eigenvalue weighted by Gasteiger charge is -2.25. The highest BCUT2D eigenvalue weighted by Crippen LogP contribution is 2.31. The summed E-state index contributed by atoms with van der Waals surface area (Å²) < 4.78 is 34.8. The van der Waals surface area contributed by atoms with Crippen LogP contribution >= 0.6 is 0 Å². The molecule has 1 fully saturated rings. The Labute approximate surface area is 149 Å². The van der Waals surface area contributed by atoms with E-state index in [2.05, 4.69) is 4.98 Å². The van der Waals surface area contributed by atoms with Crippen LogP contribution in [0.5, 0.6) is 0 Å². The fourth-order valence-electron chi connectivity index (χ4n) is 3.48. The van der Waals surface area contributed by atoms with E-state index in [1.54, 1.807) is 22.9 Å². The summed E-state index contributed by atoms with van der Waals surface area (Å²) in [5, 5.41) is 0.564. The van der Waals surface area contributed by atoms with Crippen LogP contribution in [-0.4, -0.2) is 22.8 Å². The molecule has 0 aliphatic carbocycles. The van der Waals surface area contributed by atoms with Gasteiger partial charge in [-0.2, -0.15) is 0 Å². The van der Waals surface area contributed by atoms with Gasteiger partial charge in [-0.05, 0) is 38.0 Å². The summed E-state index contributed by atoms with van der Waals surface area (Å²) in [6, 6.07) is 7.00. The number of aryl methyl sites for hydroxylation is 1. The molecule has 0 saturated carbocycles. The molecule has 0 bridgehead atoms. The maximum atomic E-state index is 14.5. The van der Waals surface area contributed by atoms with Crippen LogP contribution in [0.2, 0.25) is 0 Å². The van der Waals surface area contributed by atoms with Crippen LogP contribution in [0.15, 0.2) is 41.3 Å². The monoisotopic (exact) mass is 356 g/mol. The van der Waals surface area contributed by atoms with Gasteiger partial charge in [0.25, 0.3) is 5.56 Å². The number of hydrogen-bond donors (Lipinski definition) is 0. The van der Waals surface area contributed by atoms with Gasteiger partial charge in [-0.3, -0.25) is 4.79 Å². The van der Waals surface area contributed by atoms with Crippen LogP contribution in [0.4, 0.5) is 8.78 Å². The Bertz CT molecular complexity index is 1040. The number of ether oxygens (including phenoxy) is 1. The van der Waals surface area contributed by atoms with Gasteiger partial charge in [0.15, 0.2) is 0 Å². The molecule has 4 nitrogen and oxygen atoms in total. The lowest BCUT2D eigenvalue weighted by Crippen LogP contribution is -2.29. The van der Waals surface area contributed by atoms with Crippen molar-refractivity contribution in [1.82, 2.24) is 9.55 Å². The molecule has 1 aliphatic rings. The predicted octanol–water partition coefficient (Wildman–Crippen LogP) is 4.00. The van der Waals surface area contributed by atoms with E-state index in [-0.39, 0.29) is 17.2 Å². The van der Waals surface area contributed by atoms with Crippen LogP contribution in [0.1, 0.15) is 24.6 Å². The first-order chi connectivity index (χ1) is 12.5. The summed E-state index contributed by atoms with van der Waals surface area (Å²) in [4.78, 5) is 17.4. The number of aromatic nitrogens is 2. The maximum absolute atomic E-state index is 14.5. The largest absolute Gasteiger partial charge is 0.381 e. The summed E-state index contributed by atoms with van der Waals surface area (Å²) in [5.74, 6) is -1.30. The minimum absolute atomic E-state index is 0.0229. The molecule has 1 saturated heterocycles. The smallest absolute Gasteiger partial charge is 0.277 e. The van der Waals surface area contributed by atoms with E-state index in [4.69, 9.17) is 4.74 Å². The standard InChI is InChI=1S/C20H18F2N2O2/c1-12-2-4-16-17(15-5-3-13(21)10-18(15)22)11-24(20(25)19(16)23-12)14-6-8-26-9-7-14/h2-5,10-11,14H,6-9H2,1H3. The summed E-state index contributed by atoms with van der Waals surface area (Å²) >= 11 is 0. The molecule has 1 aromatic carbocycles. The van der Waals surface area contributed by atoms with Gasteiger partial charge in [-0.25, -0.2) is 13.8 Å². The number of hydrogen-bond acceptors (Lipinski definition) is 3. The third-order valence-corrected chi connectivity index (χ3v) is 4.84. The molecule has 6 heteroatoms. The van der Waals surface area contributed by atoms with E-state index in [1.807, 2.05) is 6.92 Å². The van der Waals surface area contributed by atoms with E-state index in [0.717, 1.165) is 6.07 Å². The summed E-state index contributed by atoms with van der Waals surface area (Å²) in [5.41, 5.74) is 1.61. The summed E-state index contributed by atoms with van der Waals surface area (Å²) in [7, 11) is 0. The Morgan fingerprint density at radius 3 is 2.62 bits per heavy atom. The van der Waals surface area contributed by atoms with E-state index >= 15 is 0 Å². The molecule has 26 heavy (non-hydrogen) atoms. The Morgan fingerprint density at radius 2 is 1.88 bits per heavy atom. The van der Waals surface area contributed by atoms with Gasteiger partial charge in [-0.15, -0.1) is 0 Å². The number of benzene rings is 1. The summed E-state index contributed by atoms with van der Waals surface area (Å²) in [6.07, 6.45) is 3.10. The van der Waals surface area contributed by atoms with Crippen LogP contribution in [0.25, 0.3) is 22.0 Å². The zero-order valence-corrected chi connectivity index (χ0v) is 14.3. The summed E-state index contributed by atoms with van der Waals surface area (Å²) in [6.45, 7) is 2.97. The first kappa shape index (κ1) is 16.8. The Morgan fingerprint density at radius 1 is 1.12 bits per heavy atom. The third kappa shape index (κ3) is 2.90. The molecule has 4 rings (SSSR count). The van der Waals surface area contributed by atoms with Crippen molar-refractivity contribution >= 4 is 10.9 Å². The Hall–Kier alpha value is -2.60. The van der Waals surface area contributed by atoms with Crippen molar-refractivity contribution in [3.8, 4) is 11.1 Å². The average Bonchev–Trinajstić information content (AvgIpc) is 2.64. The van der Waals surface area contributed by atoms with Gasteiger partial charge >= 0.3 is 0 Å². The maximum Gasteiger partial charge on any atom is 0.277 e. The van der Waals surface area contributed by atoms with Crippen molar-refractivity contribution in [2.75, 3.05) is 13.2 Å². The van der Waals surface area contributed by atoms with Gasteiger partial charge < -0.3 is 9.30 Å². The molecule has 0 N–H and O–H groups in total. The fraction of sp³-hybridized carbons (Fsp3) is 0.300. The van der Waals surface area contributed by atoms with Crippen LogP contribution < -0.4 is 5.56 Å². The number of fused-ring (bicyclic) bond motifs is 1. The SMILES string of the molecule is Cc1ccc2c(-c3ccc(F)cc3F)cn(C3CCOCC3)c(=O)c2n1. The topological polar surface area (TPSA) is 44.1 Å².